The zero-order valence-electron chi connectivity index (χ0n) is 35.1. The summed E-state index contributed by atoms with van der Waals surface area (Å²) in [6, 6.07) is 53.0. The van der Waals surface area contributed by atoms with Crippen molar-refractivity contribution in [2.24, 2.45) is 0 Å². The maximum atomic E-state index is 8.67. The molecule has 57 heavy (non-hydrogen) atoms. The van der Waals surface area contributed by atoms with Crippen LogP contribution in [0.3, 0.4) is 0 Å². The lowest BCUT2D eigenvalue weighted by Gasteiger charge is -2.26. The molecule has 6 aromatic carbocycles. The first kappa shape index (κ1) is 31.2. The van der Waals surface area contributed by atoms with Gasteiger partial charge >= 0.3 is 0 Å². The molecule has 3 aromatic heterocycles. The topological polar surface area (TPSA) is 38.5 Å². The lowest BCUT2D eigenvalue weighted by atomic mass is 9.86. The van der Waals surface area contributed by atoms with E-state index in [0.717, 1.165) is 66.8 Å². The van der Waals surface area contributed by atoms with Crippen molar-refractivity contribution in [2.75, 3.05) is 16.5 Å². The quantitative estimate of drug-likeness (QED) is 0.163. The van der Waals surface area contributed by atoms with Gasteiger partial charge in [0.05, 0.1) is 28.7 Å². The average Bonchev–Trinajstić information content (AvgIpc) is 3.97. The number of benzene rings is 6. The summed E-state index contributed by atoms with van der Waals surface area (Å²) in [4.78, 5) is 9.50. The van der Waals surface area contributed by atoms with E-state index in [9.17, 15) is 0 Å². The molecule has 0 radical (unpaired) electrons. The fourth-order valence-electron chi connectivity index (χ4n) is 8.03. The molecule has 9 aromatic rings. The monoisotopic (exact) mass is 744 g/mol. The third kappa shape index (κ3) is 6.10. The Balaban J connectivity index is 1.16. The highest BCUT2D eigenvalue weighted by Crippen LogP contribution is 2.43. The van der Waals surface area contributed by atoms with Gasteiger partial charge < -0.3 is 19.1 Å². The maximum Gasteiger partial charge on any atom is 0.137 e. The SMILES string of the molecule is [2H]C([2H])([2H])c1cc(-n2c3cc(Oc4cc(N5C=CN(c6ccccc6)C5)cc(C(C)(C)C)c4)ccc3c3c2c2ccccc2n3-c2ccccc2)ncc1-c1ccccc1. The average molecular weight is 745 g/mol. The van der Waals surface area contributed by atoms with E-state index >= 15 is 0 Å². The van der Waals surface area contributed by atoms with Crippen molar-refractivity contribution in [3.63, 3.8) is 0 Å². The van der Waals surface area contributed by atoms with Gasteiger partial charge in [-0.3, -0.25) is 4.57 Å². The first-order valence-corrected chi connectivity index (χ1v) is 19.3. The lowest BCUT2D eigenvalue weighted by Crippen LogP contribution is -2.25. The Hall–Kier alpha value is -7.05. The molecule has 1 aliphatic rings. The van der Waals surface area contributed by atoms with Crippen LogP contribution in [0.25, 0.3) is 55.5 Å². The van der Waals surface area contributed by atoms with Crippen molar-refractivity contribution in [1.82, 2.24) is 14.1 Å². The first-order chi connectivity index (χ1) is 29.0. The summed E-state index contributed by atoms with van der Waals surface area (Å²) in [6.07, 6.45) is 5.92. The van der Waals surface area contributed by atoms with Crippen molar-refractivity contribution in [1.29, 1.82) is 0 Å². The molecule has 6 heteroatoms. The van der Waals surface area contributed by atoms with Crippen LogP contribution in [-0.2, 0) is 5.41 Å². The van der Waals surface area contributed by atoms with E-state index in [1.54, 1.807) is 12.3 Å². The van der Waals surface area contributed by atoms with Gasteiger partial charge in [0.15, 0.2) is 0 Å². The second-order valence-corrected chi connectivity index (χ2v) is 15.6. The minimum atomic E-state index is -2.39. The van der Waals surface area contributed by atoms with Crippen molar-refractivity contribution < 1.29 is 8.85 Å². The summed E-state index contributed by atoms with van der Waals surface area (Å²) < 4.78 is 37.3. The van der Waals surface area contributed by atoms with Crippen LogP contribution < -0.4 is 14.5 Å². The van der Waals surface area contributed by atoms with Crippen molar-refractivity contribution in [3.05, 3.63) is 187 Å². The Kier molecular flexibility index (Phi) is 7.44. The third-order valence-electron chi connectivity index (χ3n) is 10.9. The summed E-state index contributed by atoms with van der Waals surface area (Å²) in [7, 11) is 0. The van der Waals surface area contributed by atoms with E-state index in [1.165, 1.54) is 0 Å². The summed E-state index contributed by atoms with van der Waals surface area (Å²) in [6.45, 7) is 4.93. The Labute approximate surface area is 337 Å². The number of pyridine rings is 1. The van der Waals surface area contributed by atoms with Gasteiger partial charge in [0.2, 0.25) is 0 Å². The highest BCUT2D eigenvalue weighted by atomic mass is 16.5. The van der Waals surface area contributed by atoms with Crippen LogP contribution in [0.4, 0.5) is 11.4 Å². The number of para-hydroxylation sites is 3. The standard InChI is InChI=1S/C51H43N5O/c1-35-28-48(52-33-45(35)36-16-8-5-9-17-36)56-47-32-41(24-25-44(47)49-50(56)43-22-14-15-23-46(43)55(49)39-20-12-7-13-21-39)57-42-30-37(51(2,3)4)29-40(31-42)54-27-26-53(34-54)38-18-10-6-11-19-38/h5-33H,34H2,1-4H3/i1D3. The molecule has 0 saturated carbocycles. The number of aromatic nitrogens is 3. The molecule has 0 bridgehead atoms. The van der Waals surface area contributed by atoms with Crippen LogP contribution in [0.1, 0.15) is 36.0 Å². The number of anilines is 2. The predicted octanol–water partition coefficient (Wildman–Crippen LogP) is 12.9. The number of rotatable bonds is 7. The molecule has 0 aliphatic carbocycles. The molecule has 4 heterocycles. The van der Waals surface area contributed by atoms with Gasteiger partial charge in [-0.15, -0.1) is 0 Å². The van der Waals surface area contributed by atoms with Crippen LogP contribution in [0, 0.1) is 6.85 Å². The molecule has 0 saturated heterocycles. The molecule has 0 amide bonds. The normalized spacial score (nSPS) is 14.1. The first-order valence-electron chi connectivity index (χ1n) is 20.8. The number of nitrogens with zero attached hydrogens (tertiary/aromatic N) is 5. The number of fused-ring (bicyclic) bond motifs is 5. The molecule has 0 spiro atoms. The van der Waals surface area contributed by atoms with E-state index in [4.69, 9.17) is 13.8 Å². The molecular formula is C51H43N5O. The number of hydrogen-bond donors (Lipinski definition) is 0. The van der Waals surface area contributed by atoms with Crippen LogP contribution in [0.5, 0.6) is 11.5 Å². The Morgan fingerprint density at radius 1 is 0.579 bits per heavy atom. The molecule has 0 unspecified atom stereocenters. The fourth-order valence-corrected chi connectivity index (χ4v) is 8.03. The van der Waals surface area contributed by atoms with Gasteiger partial charge in [-0.1, -0.05) is 106 Å². The van der Waals surface area contributed by atoms with Gasteiger partial charge in [0.1, 0.15) is 17.3 Å². The third-order valence-corrected chi connectivity index (χ3v) is 10.9. The number of ether oxygens (including phenoxy) is 1. The number of hydrogen-bond acceptors (Lipinski definition) is 4. The second-order valence-electron chi connectivity index (χ2n) is 15.6. The molecule has 0 atom stereocenters. The zero-order valence-corrected chi connectivity index (χ0v) is 32.1. The van der Waals surface area contributed by atoms with Gasteiger partial charge in [-0.2, -0.15) is 0 Å². The predicted molar refractivity (Wildman–Crippen MR) is 236 cm³/mol. The summed E-state index contributed by atoms with van der Waals surface area (Å²) in [5.74, 6) is 1.88. The summed E-state index contributed by atoms with van der Waals surface area (Å²) >= 11 is 0. The van der Waals surface area contributed by atoms with E-state index in [-0.39, 0.29) is 11.0 Å². The largest absolute Gasteiger partial charge is 0.457 e. The molecule has 0 N–H and O–H groups in total. The van der Waals surface area contributed by atoms with E-state index in [0.29, 0.717) is 23.8 Å². The van der Waals surface area contributed by atoms with Crippen molar-refractivity contribution >= 4 is 44.2 Å². The minimum absolute atomic E-state index is 0.136. The van der Waals surface area contributed by atoms with Gasteiger partial charge in [-0.05, 0) is 89.6 Å². The molecule has 6 nitrogen and oxygen atoms in total. The van der Waals surface area contributed by atoms with Gasteiger partial charge in [-0.25, -0.2) is 4.98 Å². The maximum absolute atomic E-state index is 8.67. The molecular weight excluding hydrogens is 699 g/mol. The second kappa shape index (κ2) is 13.6. The summed E-state index contributed by atoms with van der Waals surface area (Å²) in [5.41, 5.74) is 9.63. The van der Waals surface area contributed by atoms with Gasteiger partial charge in [0.25, 0.3) is 0 Å². The number of aryl methyl sites for hydroxylation is 1. The van der Waals surface area contributed by atoms with E-state index in [2.05, 4.69) is 137 Å². The highest BCUT2D eigenvalue weighted by molar-refractivity contribution is 6.20. The highest BCUT2D eigenvalue weighted by Gasteiger charge is 2.25. The van der Waals surface area contributed by atoms with E-state index in [1.807, 2.05) is 66.7 Å². The van der Waals surface area contributed by atoms with Crippen LogP contribution in [0.2, 0.25) is 0 Å². The van der Waals surface area contributed by atoms with E-state index < -0.39 is 6.85 Å². The van der Waals surface area contributed by atoms with Crippen LogP contribution in [-0.4, -0.2) is 20.8 Å². The van der Waals surface area contributed by atoms with Crippen molar-refractivity contribution in [3.8, 4) is 34.1 Å². The Bertz CT molecular complexity index is 3070. The zero-order chi connectivity index (χ0) is 41.2. The molecule has 10 rings (SSSR count). The summed E-state index contributed by atoms with van der Waals surface area (Å²) in [5, 5.41) is 2.00. The smallest absolute Gasteiger partial charge is 0.137 e. The molecule has 0 fully saturated rings. The lowest BCUT2D eigenvalue weighted by molar-refractivity contribution is 0.479. The van der Waals surface area contributed by atoms with Crippen LogP contribution >= 0.6 is 0 Å². The van der Waals surface area contributed by atoms with Crippen LogP contribution in [0.15, 0.2) is 176 Å². The Morgan fingerprint density at radius 3 is 1.96 bits per heavy atom. The van der Waals surface area contributed by atoms with Crippen molar-refractivity contribution in [2.45, 2.75) is 33.0 Å². The molecule has 1 aliphatic heterocycles. The molecule has 278 valence electrons. The minimum Gasteiger partial charge on any atom is -0.457 e. The Morgan fingerprint density at radius 2 is 1.23 bits per heavy atom. The van der Waals surface area contributed by atoms with Gasteiger partial charge in [0, 0.05) is 68.2 Å². The fraction of sp³-hybridized carbons (Fsp3) is 0.118.